The predicted octanol–water partition coefficient (Wildman–Crippen LogP) is 0.970. The fraction of sp³-hybridized carbons (Fsp3) is 0.600. The van der Waals surface area contributed by atoms with Gasteiger partial charge in [0.2, 0.25) is 0 Å². The van der Waals surface area contributed by atoms with Gasteiger partial charge in [-0.2, -0.15) is 0 Å². The van der Waals surface area contributed by atoms with Crippen LogP contribution in [0.5, 0.6) is 0 Å². The Morgan fingerprint density at radius 1 is 1.64 bits per heavy atom. The second-order valence-corrected chi connectivity index (χ2v) is 3.70. The third kappa shape index (κ3) is 2.67. The van der Waals surface area contributed by atoms with E-state index < -0.39 is 0 Å². The molecule has 14 heavy (non-hydrogen) atoms. The highest BCUT2D eigenvalue weighted by Crippen LogP contribution is 2.18. The quantitative estimate of drug-likeness (QED) is 0.707. The van der Waals surface area contributed by atoms with Crippen molar-refractivity contribution in [3.63, 3.8) is 0 Å². The van der Waals surface area contributed by atoms with Crippen LogP contribution in [0.1, 0.15) is 25.0 Å². The van der Waals surface area contributed by atoms with Gasteiger partial charge in [-0.15, -0.1) is 5.10 Å². The Morgan fingerprint density at radius 3 is 3.14 bits per heavy atom. The topological polar surface area (TPSA) is 42.7 Å². The van der Waals surface area contributed by atoms with E-state index in [1.807, 2.05) is 7.05 Å². The predicted molar refractivity (Wildman–Crippen MR) is 55.7 cm³/mol. The number of nitrogens with zero attached hydrogens (tertiary/aromatic N) is 3. The van der Waals surface area contributed by atoms with E-state index in [4.69, 9.17) is 0 Å². The molecule has 0 radical (unpaired) electrons. The van der Waals surface area contributed by atoms with Gasteiger partial charge < -0.3 is 5.32 Å². The van der Waals surface area contributed by atoms with Crippen LogP contribution in [0.25, 0.3) is 6.08 Å². The summed E-state index contributed by atoms with van der Waals surface area (Å²) in [7, 11) is 1.90. The molecule has 1 aromatic heterocycles. The SMILES string of the molecule is Cn1nncc1/C=C/CCNC1CC1. The molecule has 1 N–H and O–H groups in total. The normalized spacial score (nSPS) is 16.6. The van der Waals surface area contributed by atoms with Crippen molar-refractivity contribution in [3.05, 3.63) is 18.0 Å². The molecule has 0 saturated heterocycles. The van der Waals surface area contributed by atoms with Gasteiger partial charge in [0.1, 0.15) is 0 Å². The third-order valence-electron chi connectivity index (χ3n) is 2.36. The van der Waals surface area contributed by atoms with Gasteiger partial charge in [-0.25, -0.2) is 4.68 Å². The van der Waals surface area contributed by atoms with E-state index in [2.05, 4.69) is 27.8 Å². The molecule has 76 valence electrons. The summed E-state index contributed by atoms with van der Waals surface area (Å²) in [4.78, 5) is 0. The monoisotopic (exact) mass is 192 g/mol. The Balaban J connectivity index is 1.68. The van der Waals surface area contributed by atoms with E-state index in [0.29, 0.717) is 0 Å². The molecule has 4 nitrogen and oxygen atoms in total. The molecule has 0 amide bonds. The molecule has 4 heteroatoms. The van der Waals surface area contributed by atoms with Crippen molar-refractivity contribution in [2.75, 3.05) is 6.54 Å². The lowest BCUT2D eigenvalue weighted by Crippen LogP contribution is -2.16. The number of hydrogen-bond donors (Lipinski definition) is 1. The molecule has 1 aliphatic rings. The molecule has 1 saturated carbocycles. The van der Waals surface area contributed by atoms with Gasteiger partial charge in [0, 0.05) is 13.1 Å². The zero-order valence-electron chi connectivity index (χ0n) is 8.48. The molecule has 1 aromatic rings. The van der Waals surface area contributed by atoms with Crippen LogP contribution in [0.15, 0.2) is 12.3 Å². The molecule has 0 bridgehead atoms. The van der Waals surface area contributed by atoms with Crippen molar-refractivity contribution in [2.24, 2.45) is 7.05 Å². The summed E-state index contributed by atoms with van der Waals surface area (Å²) < 4.78 is 1.77. The average molecular weight is 192 g/mol. The first-order chi connectivity index (χ1) is 6.86. The second kappa shape index (κ2) is 4.37. The Kier molecular flexibility index (Phi) is 2.93. The minimum Gasteiger partial charge on any atom is -0.314 e. The lowest BCUT2D eigenvalue weighted by atomic mass is 10.3. The van der Waals surface area contributed by atoms with E-state index in [1.165, 1.54) is 12.8 Å². The first-order valence-corrected chi connectivity index (χ1v) is 5.11. The lowest BCUT2D eigenvalue weighted by molar-refractivity contribution is 0.690. The fourth-order valence-corrected chi connectivity index (χ4v) is 1.31. The Morgan fingerprint density at radius 2 is 2.50 bits per heavy atom. The first kappa shape index (κ1) is 9.40. The van der Waals surface area contributed by atoms with Crippen LogP contribution in [0.4, 0.5) is 0 Å². The fourth-order valence-electron chi connectivity index (χ4n) is 1.31. The number of hydrogen-bond acceptors (Lipinski definition) is 3. The molecule has 0 aliphatic heterocycles. The number of aryl methyl sites for hydroxylation is 1. The van der Waals surface area contributed by atoms with Crippen LogP contribution in [0.2, 0.25) is 0 Å². The standard InChI is InChI=1S/C10H16N4/c1-14-10(8-12-13-14)4-2-3-7-11-9-5-6-9/h2,4,8-9,11H,3,5-7H2,1H3/b4-2+. The minimum absolute atomic E-state index is 0.807. The van der Waals surface area contributed by atoms with Crippen molar-refractivity contribution < 1.29 is 0 Å². The lowest BCUT2D eigenvalue weighted by Gasteiger charge is -1.97. The maximum Gasteiger partial charge on any atom is 0.0806 e. The maximum atomic E-state index is 3.85. The number of nitrogens with one attached hydrogen (secondary N) is 1. The van der Waals surface area contributed by atoms with Gasteiger partial charge in [0.05, 0.1) is 11.9 Å². The molecular weight excluding hydrogens is 176 g/mol. The van der Waals surface area contributed by atoms with E-state index in [9.17, 15) is 0 Å². The molecule has 1 heterocycles. The first-order valence-electron chi connectivity index (χ1n) is 5.11. The zero-order valence-corrected chi connectivity index (χ0v) is 8.48. The molecule has 0 atom stereocenters. The van der Waals surface area contributed by atoms with Crippen molar-refractivity contribution in [2.45, 2.75) is 25.3 Å². The van der Waals surface area contributed by atoms with Gasteiger partial charge in [0.15, 0.2) is 0 Å². The highest BCUT2D eigenvalue weighted by molar-refractivity contribution is 5.42. The van der Waals surface area contributed by atoms with Crippen molar-refractivity contribution in [1.82, 2.24) is 20.3 Å². The third-order valence-corrected chi connectivity index (χ3v) is 2.36. The molecule has 0 aromatic carbocycles. The molecule has 1 aliphatic carbocycles. The van der Waals surface area contributed by atoms with Crippen LogP contribution in [-0.2, 0) is 7.05 Å². The Labute approximate surface area is 84.0 Å². The molecule has 0 unspecified atom stereocenters. The summed E-state index contributed by atoms with van der Waals surface area (Å²) in [6.07, 6.45) is 9.78. The summed E-state index contributed by atoms with van der Waals surface area (Å²) in [5.41, 5.74) is 1.05. The van der Waals surface area contributed by atoms with Gasteiger partial charge in [0.25, 0.3) is 0 Å². The van der Waals surface area contributed by atoms with Crippen LogP contribution < -0.4 is 5.32 Å². The minimum atomic E-state index is 0.807. The van der Waals surface area contributed by atoms with Crippen molar-refractivity contribution in [3.8, 4) is 0 Å². The average Bonchev–Trinajstić information content (AvgIpc) is 2.91. The van der Waals surface area contributed by atoms with Gasteiger partial charge >= 0.3 is 0 Å². The Hall–Kier alpha value is -1.16. The molecular formula is C10H16N4. The highest BCUT2D eigenvalue weighted by Gasteiger charge is 2.19. The summed E-state index contributed by atoms with van der Waals surface area (Å²) in [6, 6.07) is 0.807. The summed E-state index contributed by atoms with van der Waals surface area (Å²) in [6.45, 7) is 1.08. The maximum absolute atomic E-state index is 3.85. The van der Waals surface area contributed by atoms with E-state index in [-0.39, 0.29) is 0 Å². The number of aromatic nitrogens is 3. The molecule has 2 rings (SSSR count). The van der Waals surface area contributed by atoms with Crippen LogP contribution in [0.3, 0.4) is 0 Å². The number of rotatable bonds is 5. The largest absolute Gasteiger partial charge is 0.314 e. The second-order valence-electron chi connectivity index (χ2n) is 3.70. The highest BCUT2D eigenvalue weighted by atomic mass is 15.4. The summed E-state index contributed by atoms with van der Waals surface area (Å²) in [5.74, 6) is 0. The Bertz CT molecular complexity index is 312. The smallest absolute Gasteiger partial charge is 0.0806 e. The summed E-state index contributed by atoms with van der Waals surface area (Å²) in [5, 5.41) is 11.1. The van der Waals surface area contributed by atoms with Crippen LogP contribution >= 0.6 is 0 Å². The van der Waals surface area contributed by atoms with E-state index in [0.717, 1.165) is 24.7 Å². The van der Waals surface area contributed by atoms with Crippen LogP contribution in [0, 0.1) is 0 Å². The molecule has 1 fully saturated rings. The van der Waals surface area contributed by atoms with Gasteiger partial charge in [-0.1, -0.05) is 11.3 Å². The van der Waals surface area contributed by atoms with Crippen molar-refractivity contribution >= 4 is 6.08 Å². The molecule has 0 spiro atoms. The van der Waals surface area contributed by atoms with E-state index >= 15 is 0 Å². The van der Waals surface area contributed by atoms with Gasteiger partial charge in [-0.05, 0) is 31.9 Å². The van der Waals surface area contributed by atoms with Gasteiger partial charge in [-0.3, -0.25) is 0 Å². The summed E-state index contributed by atoms with van der Waals surface area (Å²) >= 11 is 0. The zero-order chi connectivity index (χ0) is 9.80. The van der Waals surface area contributed by atoms with E-state index in [1.54, 1.807) is 10.9 Å². The van der Waals surface area contributed by atoms with Crippen molar-refractivity contribution in [1.29, 1.82) is 0 Å². The van der Waals surface area contributed by atoms with Crippen LogP contribution in [-0.4, -0.2) is 27.6 Å².